The quantitative estimate of drug-likeness (QED) is 0.437. The van der Waals surface area contributed by atoms with E-state index in [9.17, 15) is 9.18 Å². The minimum absolute atomic E-state index is 0.0242. The number of benzene rings is 1. The fourth-order valence-corrected chi connectivity index (χ4v) is 0.981. The zero-order valence-electron chi connectivity index (χ0n) is 6.77. The van der Waals surface area contributed by atoms with Gasteiger partial charge in [0.05, 0.1) is 0 Å². The summed E-state index contributed by atoms with van der Waals surface area (Å²) in [4.78, 5) is 12.6. The van der Waals surface area contributed by atoms with E-state index >= 15 is 0 Å². The van der Waals surface area contributed by atoms with Crippen LogP contribution in [-0.4, -0.2) is 17.5 Å². The number of halogens is 1. The molecule has 0 radical (unpaired) electrons. The summed E-state index contributed by atoms with van der Waals surface area (Å²) in [6.07, 6.45) is -0.468. The van der Waals surface area contributed by atoms with Crippen molar-refractivity contribution in [3.05, 3.63) is 29.8 Å². The molecule has 0 fully saturated rings. The summed E-state index contributed by atoms with van der Waals surface area (Å²) in [7, 11) is 0. The molecule has 3 nitrogen and oxygen atoms in total. The summed E-state index contributed by atoms with van der Waals surface area (Å²) in [5.41, 5.74) is 0.589. The summed E-state index contributed by atoms with van der Waals surface area (Å²) in [5.74, 6) is 0.0692. The van der Waals surface area contributed by atoms with Crippen molar-refractivity contribution in [1.29, 1.82) is 0 Å². The van der Waals surface area contributed by atoms with Crippen molar-refractivity contribution in [2.45, 2.75) is 12.7 Å². The lowest BCUT2D eigenvalue weighted by Gasteiger charge is -2.01. The Hall–Kier alpha value is -1.67. The number of isocyanates is 1. The molecule has 68 valence electrons. The molecule has 0 heterocycles. The first-order valence-corrected chi connectivity index (χ1v) is 3.71. The van der Waals surface area contributed by atoms with Crippen LogP contribution >= 0.6 is 0 Å². The fraction of sp³-hybridized carbons (Fsp3) is 0.222. The second-order valence-electron chi connectivity index (χ2n) is 2.53. The Kier molecular flexibility index (Phi) is 3.17. The zero-order valence-corrected chi connectivity index (χ0v) is 6.77. The third kappa shape index (κ3) is 3.05. The SMILES string of the molecule is O=C=NC(F)Cc1cccc(O)c1. The smallest absolute Gasteiger partial charge is 0.237 e. The first-order chi connectivity index (χ1) is 6.22. The van der Waals surface area contributed by atoms with Crippen molar-refractivity contribution < 1.29 is 14.3 Å². The first-order valence-electron chi connectivity index (χ1n) is 3.71. The lowest BCUT2D eigenvalue weighted by Crippen LogP contribution is -2.00. The first kappa shape index (κ1) is 9.42. The Morgan fingerprint density at radius 2 is 2.38 bits per heavy atom. The van der Waals surface area contributed by atoms with Crippen LogP contribution in [0.2, 0.25) is 0 Å². The summed E-state index contributed by atoms with van der Waals surface area (Å²) >= 11 is 0. The largest absolute Gasteiger partial charge is 0.508 e. The average molecular weight is 181 g/mol. The average Bonchev–Trinajstić information content (AvgIpc) is 2.04. The van der Waals surface area contributed by atoms with E-state index in [-0.39, 0.29) is 12.2 Å². The number of carbonyl (C=O) groups excluding carboxylic acids is 1. The van der Waals surface area contributed by atoms with Gasteiger partial charge in [0.25, 0.3) is 0 Å². The van der Waals surface area contributed by atoms with Gasteiger partial charge in [0, 0.05) is 6.42 Å². The molecular formula is C9H8FNO2. The minimum Gasteiger partial charge on any atom is -0.508 e. The molecule has 0 aliphatic heterocycles. The Labute approximate surface area is 74.5 Å². The van der Waals surface area contributed by atoms with Crippen LogP contribution in [0, 0.1) is 0 Å². The molecule has 0 spiro atoms. The number of rotatable bonds is 3. The van der Waals surface area contributed by atoms with Crippen LogP contribution < -0.4 is 0 Å². The van der Waals surface area contributed by atoms with Crippen molar-refractivity contribution in [3.8, 4) is 5.75 Å². The van der Waals surface area contributed by atoms with Crippen LogP contribution in [0.3, 0.4) is 0 Å². The van der Waals surface area contributed by atoms with Gasteiger partial charge in [-0.2, -0.15) is 4.99 Å². The number of aliphatic imine (C=N–C) groups is 1. The highest BCUT2D eigenvalue weighted by Gasteiger charge is 2.04. The fourth-order valence-electron chi connectivity index (χ4n) is 0.981. The van der Waals surface area contributed by atoms with Crippen LogP contribution in [0.4, 0.5) is 4.39 Å². The standard InChI is InChI=1S/C9H8FNO2/c10-9(11-6-12)5-7-2-1-3-8(13)4-7/h1-4,9,13H,5H2. The molecule has 1 N–H and O–H groups in total. The molecule has 1 aromatic carbocycles. The molecule has 0 saturated carbocycles. The summed E-state index contributed by atoms with van der Waals surface area (Å²) in [6, 6.07) is 6.15. The number of hydrogen-bond donors (Lipinski definition) is 1. The Morgan fingerprint density at radius 1 is 1.62 bits per heavy atom. The molecule has 4 heteroatoms. The molecule has 0 bridgehead atoms. The van der Waals surface area contributed by atoms with Crippen molar-refractivity contribution in [1.82, 2.24) is 0 Å². The van der Waals surface area contributed by atoms with E-state index in [1.165, 1.54) is 12.1 Å². The molecular weight excluding hydrogens is 173 g/mol. The molecule has 0 saturated heterocycles. The van der Waals surface area contributed by atoms with Crippen LogP contribution in [0.15, 0.2) is 29.3 Å². The lowest BCUT2D eigenvalue weighted by molar-refractivity contribution is 0.343. The summed E-state index contributed by atoms with van der Waals surface area (Å²) < 4.78 is 12.7. The second-order valence-corrected chi connectivity index (χ2v) is 2.53. The number of hydrogen-bond acceptors (Lipinski definition) is 3. The van der Waals surface area contributed by atoms with Gasteiger partial charge in [0.2, 0.25) is 12.4 Å². The normalized spacial score (nSPS) is 11.8. The van der Waals surface area contributed by atoms with Gasteiger partial charge < -0.3 is 5.11 Å². The van der Waals surface area contributed by atoms with Crippen LogP contribution in [0.5, 0.6) is 5.75 Å². The lowest BCUT2D eigenvalue weighted by atomic mass is 10.1. The van der Waals surface area contributed by atoms with E-state index in [2.05, 4.69) is 4.99 Å². The van der Waals surface area contributed by atoms with E-state index in [4.69, 9.17) is 5.11 Å². The number of phenolic OH excluding ortho intramolecular Hbond substituents is 1. The highest BCUT2D eigenvalue weighted by atomic mass is 19.1. The third-order valence-corrected chi connectivity index (χ3v) is 1.51. The predicted molar refractivity (Wildman–Crippen MR) is 44.8 cm³/mol. The van der Waals surface area contributed by atoms with Crippen molar-refractivity contribution in [2.24, 2.45) is 4.99 Å². The highest BCUT2D eigenvalue weighted by molar-refractivity contribution is 5.34. The Morgan fingerprint density at radius 3 is 3.00 bits per heavy atom. The highest BCUT2D eigenvalue weighted by Crippen LogP contribution is 2.13. The molecule has 1 aromatic rings. The van der Waals surface area contributed by atoms with Crippen LogP contribution in [0.1, 0.15) is 5.56 Å². The van der Waals surface area contributed by atoms with Gasteiger partial charge in [-0.1, -0.05) is 12.1 Å². The van der Waals surface area contributed by atoms with E-state index in [0.29, 0.717) is 5.56 Å². The molecule has 0 aliphatic rings. The van der Waals surface area contributed by atoms with E-state index in [1.54, 1.807) is 12.1 Å². The maximum atomic E-state index is 12.7. The number of nitrogens with zero attached hydrogens (tertiary/aromatic N) is 1. The monoisotopic (exact) mass is 181 g/mol. The van der Waals surface area contributed by atoms with Crippen LogP contribution in [0.25, 0.3) is 0 Å². The summed E-state index contributed by atoms with van der Waals surface area (Å²) in [6.45, 7) is 0. The van der Waals surface area contributed by atoms with E-state index in [1.807, 2.05) is 0 Å². The second kappa shape index (κ2) is 4.38. The molecule has 13 heavy (non-hydrogen) atoms. The zero-order chi connectivity index (χ0) is 9.68. The van der Waals surface area contributed by atoms with Gasteiger partial charge in [0.1, 0.15) is 5.75 Å². The number of phenols is 1. The van der Waals surface area contributed by atoms with Crippen molar-refractivity contribution in [2.75, 3.05) is 0 Å². The van der Waals surface area contributed by atoms with Crippen molar-refractivity contribution in [3.63, 3.8) is 0 Å². The van der Waals surface area contributed by atoms with Gasteiger partial charge in [-0.3, -0.25) is 0 Å². The minimum atomic E-state index is -1.58. The van der Waals surface area contributed by atoms with Gasteiger partial charge in [-0.05, 0) is 17.7 Å². The predicted octanol–water partition coefficient (Wildman–Crippen LogP) is 1.57. The molecule has 0 amide bonds. The van der Waals surface area contributed by atoms with Gasteiger partial charge in [-0.25, -0.2) is 9.18 Å². The van der Waals surface area contributed by atoms with E-state index < -0.39 is 6.30 Å². The maximum Gasteiger partial charge on any atom is 0.237 e. The molecule has 0 aromatic heterocycles. The topological polar surface area (TPSA) is 49.7 Å². The van der Waals surface area contributed by atoms with Crippen LogP contribution in [-0.2, 0) is 11.2 Å². The van der Waals surface area contributed by atoms with Crippen molar-refractivity contribution >= 4 is 6.08 Å². The number of aromatic hydroxyl groups is 1. The third-order valence-electron chi connectivity index (χ3n) is 1.51. The summed E-state index contributed by atoms with van der Waals surface area (Å²) in [5, 5.41) is 9.03. The maximum absolute atomic E-state index is 12.7. The Bertz CT molecular complexity index is 334. The molecule has 1 unspecified atom stereocenters. The van der Waals surface area contributed by atoms with Gasteiger partial charge in [-0.15, -0.1) is 0 Å². The van der Waals surface area contributed by atoms with E-state index in [0.717, 1.165) is 6.08 Å². The molecule has 1 atom stereocenters. The number of alkyl halides is 1. The molecule has 1 rings (SSSR count). The van der Waals surface area contributed by atoms with Gasteiger partial charge >= 0.3 is 0 Å². The Balaban J connectivity index is 2.68. The van der Waals surface area contributed by atoms with Gasteiger partial charge in [0.15, 0.2) is 0 Å². The molecule has 0 aliphatic carbocycles.